The van der Waals surface area contributed by atoms with Gasteiger partial charge < -0.3 is 9.47 Å². The van der Waals surface area contributed by atoms with E-state index in [1.165, 1.54) is 78.7 Å². The minimum absolute atomic E-state index is 0.148. The Morgan fingerprint density at radius 1 is 0.568 bits per heavy atom. The lowest BCUT2D eigenvalue weighted by Crippen LogP contribution is -2.32. The summed E-state index contributed by atoms with van der Waals surface area (Å²) in [6, 6.07) is 11.6. The lowest BCUT2D eigenvalue weighted by molar-refractivity contribution is 0.0520. The zero-order chi connectivity index (χ0) is 32.6. The highest BCUT2D eigenvalue weighted by Gasteiger charge is 2.24. The zero-order valence-electron chi connectivity index (χ0n) is 25.9. The Labute approximate surface area is 270 Å². The van der Waals surface area contributed by atoms with Crippen molar-refractivity contribution in [2.75, 3.05) is 50.9 Å². The number of hydrogen-bond donors (Lipinski definition) is 0. The molecule has 0 fully saturated rings. The first-order valence-electron chi connectivity index (χ1n) is 14.8. The maximum atomic E-state index is 12.9. The summed E-state index contributed by atoms with van der Waals surface area (Å²) in [7, 11) is -4.30. The lowest BCUT2D eigenvalue weighted by atomic mass is 10.2. The Kier molecular flexibility index (Phi) is 16.8. The number of esters is 2. The number of rotatable bonds is 21. The van der Waals surface area contributed by atoms with Crippen LogP contribution in [0, 0.1) is 0 Å². The van der Waals surface area contributed by atoms with Crippen LogP contribution in [0.25, 0.3) is 0 Å². The Bertz CT molecular complexity index is 1260. The van der Waals surface area contributed by atoms with Gasteiger partial charge in [0.15, 0.2) is 0 Å². The van der Waals surface area contributed by atoms with Crippen molar-refractivity contribution in [3.63, 3.8) is 0 Å². The molecule has 2 rings (SSSR count). The minimum Gasteiger partial charge on any atom is -0.461 e. The van der Waals surface area contributed by atoms with Gasteiger partial charge in [0.1, 0.15) is 13.2 Å². The molecule has 246 valence electrons. The Balaban J connectivity index is 1.71. The van der Waals surface area contributed by atoms with Gasteiger partial charge in [0.25, 0.3) is 0 Å². The summed E-state index contributed by atoms with van der Waals surface area (Å²) in [5, 5.41) is 0. The first-order chi connectivity index (χ1) is 21.0. The van der Waals surface area contributed by atoms with Crippen molar-refractivity contribution in [3.05, 3.63) is 59.7 Å². The van der Waals surface area contributed by atoms with Gasteiger partial charge in [0.2, 0.25) is 20.0 Å². The van der Waals surface area contributed by atoms with Crippen LogP contribution in [-0.4, -0.2) is 88.3 Å². The predicted molar refractivity (Wildman–Crippen MR) is 177 cm³/mol. The molecule has 14 heteroatoms. The average Bonchev–Trinajstić information content (AvgIpc) is 3.02. The number of hydrogen-bond acceptors (Lipinski definition) is 10. The van der Waals surface area contributed by atoms with Crippen LogP contribution in [0.15, 0.2) is 58.3 Å². The highest BCUT2D eigenvalue weighted by atomic mass is 33.1. The third kappa shape index (κ3) is 11.4. The largest absolute Gasteiger partial charge is 0.461 e. The van der Waals surface area contributed by atoms with Crippen molar-refractivity contribution < 1.29 is 35.9 Å². The van der Waals surface area contributed by atoms with Gasteiger partial charge in [0, 0.05) is 37.7 Å². The summed E-state index contributed by atoms with van der Waals surface area (Å²) < 4.78 is 65.0. The van der Waals surface area contributed by atoms with Gasteiger partial charge in [-0.3, -0.25) is 0 Å². The van der Waals surface area contributed by atoms with Crippen LogP contribution in [0.3, 0.4) is 0 Å². The number of nitrogens with zero attached hydrogens (tertiary/aromatic N) is 2. The Morgan fingerprint density at radius 3 is 1.14 bits per heavy atom. The van der Waals surface area contributed by atoms with E-state index in [1.807, 2.05) is 27.7 Å². The molecule has 0 aliphatic carbocycles. The Morgan fingerprint density at radius 2 is 0.864 bits per heavy atom. The lowest BCUT2D eigenvalue weighted by Gasteiger charge is -2.21. The fourth-order valence-electron chi connectivity index (χ4n) is 4.15. The van der Waals surface area contributed by atoms with E-state index in [1.54, 1.807) is 0 Å². The molecular weight excluding hydrogens is 645 g/mol. The van der Waals surface area contributed by atoms with Gasteiger partial charge in [-0.1, -0.05) is 49.3 Å². The monoisotopic (exact) mass is 688 g/mol. The molecule has 10 nitrogen and oxygen atoms in total. The van der Waals surface area contributed by atoms with E-state index < -0.39 is 32.0 Å². The second kappa shape index (κ2) is 19.4. The molecule has 0 spiro atoms. The van der Waals surface area contributed by atoms with Crippen molar-refractivity contribution in [1.82, 2.24) is 8.61 Å². The minimum atomic E-state index is -3.61. The number of ether oxygens (including phenoxy) is 2. The second-order valence-electron chi connectivity index (χ2n) is 9.77. The number of sulfonamides is 2. The van der Waals surface area contributed by atoms with E-state index in [0.717, 1.165) is 0 Å². The van der Waals surface area contributed by atoms with Crippen LogP contribution in [0.2, 0.25) is 0 Å². The van der Waals surface area contributed by atoms with Gasteiger partial charge in [-0.05, 0) is 74.2 Å². The van der Waals surface area contributed by atoms with Gasteiger partial charge >= 0.3 is 11.9 Å². The van der Waals surface area contributed by atoms with Crippen molar-refractivity contribution >= 4 is 53.6 Å². The fourth-order valence-corrected chi connectivity index (χ4v) is 9.05. The van der Waals surface area contributed by atoms with Crippen molar-refractivity contribution in [2.24, 2.45) is 0 Å². The standard InChI is InChI=1S/C30H44N2O8S4/c1-5-17-31(18-6-2)43(35,36)27-13-9-25(10-14-27)29(33)39-21-23-41-42-24-22-40-30(34)26-11-15-28(16-12-26)44(37,38)32(19-7-3)20-8-4/h9-16H,5-8,17-24H2,1-4H3. The summed E-state index contributed by atoms with van der Waals surface area (Å²) in [4.78, 5) is 25.0. The fraction of sp³-hybridized carbons (Fsp3) is 0.533. The second-order valence-corrected chi connectivity index (χ2v) is 16.4. The quantitative estimate of drug-likeness (QED) is 0.0915. The first kappa shape index (κ1) is 38.1. The molecule has 0 aliphatic rings. The highest BCUT2D eigenvalue weighted by Crippen LogP contribution is 2.22. The van der Waals surface area contributed by atoms with Crippen LogP contribution in [-0.2, 0) is 29.5 Å². The first-order valence-corrected chi connectivity index (χ1v) is 20.2. The summed E-state index contributed by atoms with van der Waals surface area (Å²) >= 11 is 0. The molecule has 44 heavy (non-hydrogen) atoms. The molecule has 0 saturated carbocycles. The summed E-state index contributed by atoms with van der Waals surface area (Å²) in [6.07, 6.45) is 2.86. The molecule has 0 saturated heterocycles. The molecule has 0 bridgehead atoms. The molecule has 0 radical (unpaired) electrons. The van der Waals surface area contributed by atoms with Gasteiger partial charge in [0.05, 0.1) is 20.9 Å². The molecule has 0 aliphatic heterocycles. The van der Waals surface area contributed by atoms with Crippen molar-refractivity contribution in [3.8, 4) is 0 Å². The molecule has 0 heterocycles. The van der Waals surface area contributed by atoms with Crippen LogP contribution in [0.1, 0.15) is 74.1 Å². The molecule has 0 N–H and O–H groups in total. The van der Waals surface area contributed by atoms with Crippen LogP contribution >= 0.6 is 21.6 Å². The van der Waals surface area contributed by atoms with Crippen molar-refractivity contribution in [1.29, 1.82) is 0 Å². The van der Waals surface area contributed by atoms with Crippen LogP contribution in [0.5, 0.6) is 0 Å². The van der Waals surface area contributed by atoms with Crippen LogP contribution < -0.4 is 0 Å². The number of carbonyl (C=O) groups is 2. The summed E-state index contributed by atoms with van der Waals surface area (Å²) in [6.45, 7) is 9.82. The highest BCUT2D eigenvalue weighted by molar-refractivity contribution is 8.76. The third-order valence-electron chi connectivity index (χ3n) is 6.23. The van der Waals surface area contributed by atoms with Gasteiger partial charge in [-0.15, -0.1) is 0 Å². The van der Waals surface area contributed by atoms with Gasteiger partial charge in [-0.2, -0.15) is 8.61 Å². The van der Waals surface area contributed by atoms with E-state index in [0.29, 0.717) is 63.4 Å². The normalized spacial score (nSPS) is 12.0. The van der Waals surface area contributed by atoms with E-state index in [4.69, 9.17) is 9.47 Å². The molecule has 0 aromatic heterocycles. The molecule has 2 aromatic rings. The third-order valence-corrected chi connectivity index (χ3v) is 12.4. The van der Waals surface area contributed by atoms with E-state index in [9.17, 15) is 26.4 Å². The molecular formula is C30H44N2O8S4. The smallest absolute Gasteiger partial charge is 0.338 e. The SMILES string of the molecule is CCCN(CCC)S(=O)(=O)c1ccc(C(=O)OCCSSCCOC(=O)c2ccc(S(=O)(=O)N(CCC)CCC)cc2)cc1. The topological polar surface area (TPSA) is 127 Å². The van der Waals surface area contributed by atoms with E-state index in [2.05, 4.69) is 0 Å². The average molecular weight is 689 g/mol. The maximum absolute atomic E-state index is 12.9. The summed E-state index contributed by atoms with van der Waals surface area (Å²) in [5.74, 6) is -0.0320. The molecule has 0 atom stereocenters. The van der Waals surface area contributed by atoms with Crippen molar-refractivity contribution in [2.45, 2.75) is 63.2 Å². The van der Waals surface area contributed by atoms with E-state index >= 15 is 0 Å². The number of benzene rings is 2. The Hall–Kier alpha value is -2.10. The molecule has 2 aromatic carbocycles. The summed E-state index contributed by atoms with van der Waals surface area (Å²) in [5.41, 5.74) is 0.548. The number of carbonyl (C=O) groups excluding carboxylic acids is 2. The van der Waals surface area contributed by atoms with Gasteiger partial charge in [-0.25, -0.2) is 26.4 Å². The van der Waals surface area contributed by atoms with Crippen LogP contribution in [0.4, 0.5) is 0 Å². The zero-order valence-corrected chi connectivity index (χ0v) is 29.2. The maximum Gasteiger partial charge on any atom is 0.338 e. The molecule has 0 amide bonds. The predicted octanol–water partition coefficient (Wildman–Crippen LogP) is 5.70. The molecule has 0 unspecified atom stereocenters. The van der Waals surface area contributed by atoms with E-state index in [-0.39, 0.29) is 34.1 Å².